The number of hydrogen-bond donors (Lipinski definition) is 1. The van der Waals surface area contributed by atoms with E-state index in [1.54, 1.807) is 18.2 Å². The Balaban J connectivity index is 0.000000550. The molecule has 1 atom stereocenters. The van der Waals surface area contributed by atoms with Gasteiger partial charge in [-0.1, -0.05) is 45.0 Å². The molecule has 0 saturated heterocycles. The molecule has 0 fully saturated rings. The minimum atomic E-state index is -0.826. The van der Waals surface area contributed by atoms with Crippen LogP contribution in [0.2, 0.25) is 0 Å². The predicted molar refractivity (Wildman–Crippen MR) is 78.5 cm³/mol. The zero-order valence-corrected chi connectivity index (χ0v) is 15.1. The van der Waals surface area contributed by atoms with Gasteiger partial charge < -0.3 is 5.11 Å². The fourth-order valence-corrected chi connectivity index (χ4v) is 2.64. The summed E-state index contributed by atoms with van der Waals surface area (Å²) in [4.78, 5) is 0. The molecule has 0 amide bonds. The Morgan fingerprint density at radius 1 is 1.05 bits per heavy atom. The average molecular weight is 396 g/mol. The van der Waals surface area contributed by atoms with Crippen molar-refractivity contribution in [2.75, 3.05) is 0 Å². The number of benzene rings is 2. The van der Waals surface area contributed by atoms with Gasteiger partial charge in [0.05, 0.1) is 0 Å². The van der Waals surface area contributed by atoms with Gasteiger partial charge in [-0.15, -0.1) is 0 Å². The second-order valence-corrected chi connectivity index (χ2v) is 8.71. The molecule has 19 heavy (non-hydrogen) atoms. The summed E-state index contributed by atoms with van der Waals surface area (Å²) in [6, 6.07) is 12.2. The van der Waals surface area contributed by atoms with E-state index in [-0.39, 0.29) is 20.1 Å². The van der Waals surface area contributed by atoms with Crippen LogP contribution in [-0.2, 0) is 20.8 Å². The molecule has 0 bridgehead atoms. The Kier molecular flexibility index (Phi) is 8.18. The van der Waals surface area contributed by atoms with Gasteiger partial charge in [0.2, 0.25) is 0 Å². The topological polar surface area (TPSA) is 20.2 Å². The second-order valence-electron chi connectivity index (χ2n) is 3.65. The first-order chi connectivity index (χ1) is 9.10. The molecule has 0 spiro atoms. The molecule has 1 unspecified atom stereocenters. The van der Waals surface area contributed by atoms with Crippen molar-refractivity contribution >= 4 is 36.2 Å². The summed E-state index contributed by atoms with van der Waals surface area (Å²) >= 11 is -0.826. The molecule has 0 heterocycles. The molecule has 6 heteroatoms. The third-order valence-corrected chi connectivity index (χ3v) is 3.73. The van der Waals surface area contributed by atoms with Gasteiger partial charge in [-0.3, -0.25) is 0 Å². The number of aryl methyl sites for hydroxylation is 1. The number of hydrogen-bond acceptors (Lipinski definition) is 1. The van der Waals surface area contributed by atoms with E-state index in [1.165, 1.54) is 6.07 Å². The van der Waals surface area contributed by atoms with Gasteiger partial charge in [-0.05, 0) is 18.6 Å². The van der Waals surface area contributed by atoms with E-state index < -0.39 is 20.8 Å². The molecule has 0 radical (unpaired) electrons. The summed E-state index contributed by atoms with van der Waals surface area (Å²) in [6.07, 6.45) is 0. The molecular formula is C13H12Cl2FOPZr. The SMILES string of the molecule is Cc1cccc(Pc2ccccc2F)c1O.[Cl][Zr][Cl]. The average Bonchev–Trinajstić information content (AvgIpc) is 2.38. The first-order valence-electron chi connectivity index (χ1n) is 5.36. The van der Waals surface area contributed by atoms with Crippen LogP contribution in [0.3, 0.4) is 0 Å². The van der Waals surface area contributed by atoms with E-state index in [4.69, 9.17) is 17.0 Å². The molecule has 0 aliphatic carbocycles. The van der Waals surface area contributed by atoms with Crippen LogP contribution < -0.4 is 10.6 Å². The normalized spacial score (nSPS) is 10.1. The molecular weight excluding hydrogens is 384 g/mol. The maximum absolute atomic E-state index is 13.4. The molecule has 1 N–H and O–H groups in total. The number of phenolic OH excluding ortho intramolecular Hbond substituents is 1. The van der Waals surface area contributed by atoms with Crippen LogP contribution in [0.1, 0.15) is 5.56 Å². The first-order valence-corrected chi connectivity index (χ1v) is 12.7. The number of aromatic hydroxyl groups is 1. The van der Waals surface area contributed by atoms with Crippen LogP contribution in [0.4, 0.5) is 4.39 Å². The van der Waals surface area contributed by atoms with E-state index >= 15 is 0 Å². The number of rotatable bonds is 2. The zero-order chi connectivity index (χ0) is 14.3. The molecule has 0 aromatic heterocycles. The summed E-state index contributed by atoms with van der Waals surface area (Å²) in [5.41, 5.74) is 0.821. The van der Waals surface area contributed by atoms with Crippen molar-refractivity contribution in [2.24, 2.45) is 0 Å². The molecule has 2 aromatic rings. The van der Waals surface area contributed by atoms with E-state index in [0.29, 0.717) is 5.30 Å². The van der Waals surface area contributed by atoms with E-state index in [9.17, 15) is 9.50 Å². The third kappa shape index (κ3) is 5.52. The van der Waals surface area contributed by atoms with Crippen LogP contribution in [-0.4, -0.2) is 5.11 Å². The number of halogens is 3. The summed E-state index contributed by atoms with van der Waals surface area (Å²) in [6.45, 7) is 1.84. The van der Waals surface area contributed by atoms with Crippen molar-refractivity contribution in [2.45, 2.75) is 6.92 Å². The summed E-state index contributed by atoms with van der Waals surface area (Å²) < 4.78 is 13.4. The quantitative estimate of drug-likeness (QED) is 0.765. The number of para-hydroxylation sites is 1. The van der Waals surface area contributed by atoms with Crippen LogP contribution >= 0.6 is 25.6 Å². The van der Waals surface area contributed by atoms with Crippen LogP contribution in [0.5, 0.6) is 5.75 Å². The molecule has 0 aliphatic heterocycles. The van der Waals surface area contributed by atoms with Crippen LogP contribution in [0.25, 0.3) is 0 Å². The standard InChI is InChI=1S/C13H12FOP.2ClH.Zr/c1-9-5-4-8-12(13(9)15)16-11-7-3-2-6-10(11)14;;;/h2-8,15-16H,1H3;2*1H;/q;;;+2/p-2. The van der Waals surface area contributed by atoms with Gasteiger partial charge >= 0.3 is 37.9 Å². The molecule has 100 valence electrons. The van der Waals surface area contributed by atoms with E-state index in [1.807, 2.05) is 25.1 Å². The number of phenols is 1. The van der Waals surface area contributed by atoms with E-state index in [0.717, 1.165) is 10.9 Å². The van der Waals surface area contributed by atoms with Crippen LogP contribution in [0, 0.1) is 12.7 Å². The Hall–Kier alpha value is 0.0631. The molecule has 2 aromatic carbocycles. The summed E-state index contributed by atoms with van der Waals surface area (Å²) in [5, 5.41) is 11.2. The fourth-order valence-electron chi connectivity index (χ4n) is 1.47. The van der Waals surface area contributed by atoms with Crippen molar-refractivity contribution in [3.05, 3.63) is 53.8 Å². The van der Waals surface area contributed by atoms with Crippen molar-refractivity contribution in [3.8, 4) is 5.75 Å². The van der Waals surface area contributed by atoms with Crippen molar-refractivity contribution < 1.29 is 30.3 Å². The van der Waals surface area contributed by atoms with Gasteiger partial charge in [0.25, 0.3) is 0 Å². The van der Waals surface area contributed by atoms with Crippen LogP contribution in [0.15, 0.2) is 42.5 Å². The van der Waals surface area contributed by atoms with Crippen molar-refractivity contribution in [3.63, 3.8) is 0 Å². The fraction of sp³-hybridized carbons (Fsp3) is 0.0769. The van der Waals surface area contributed by atoms with Crippen molar-refractivity contribution in [1.29, 1.82) is 0 Å². The van der Waals surface area contributed by atoms with Gasteiger partial charge in [-0.2, -0.15) is 0 Å². The summed E-state index contributed by atoms with van der Waals surface area (Å²) in [7, 11) is 10.0. The Morgan fingerprint density at radius 3 is 2.26 bits per heavy atom. The van der Waals surface area contributed by atoms with Gasteiger partial charge in [-0.25, -0.2) is 4.39 Å². The minimum absolute atomic E-state index is 0.146. The Labute approximate surface area is 132 Å². The molecule has 1 nitrogen and oxygen atoms in total. The monoisotopic (exact) mass is 394 g/mol. The van der Waals surface area contributed by atoms with E-state index in [2.05, 4.69) is 0 Å². The first kappa shape index (κ1) is 17.1. The zero-order valence-electron chi connectivity index (χ0n) is 10.1. The molecule has 0 aliphatic rings. The third-order valence-electron chi connectivity index (χ3n) is 2.38. The Morgan fingerprint density at radius 2 is 1.63 bits per heavy atom. The summed E-state index contributed by atoms with van der Waals surface area (Å²) in [5.74, 6) is 0.0471. The molecule has 2 rings (SSSR count). The van der Waals surface area contributed by atoms with Gasteiger partial charge in [0.15, 0.2) is 0 Å². The van der Waals surface area contributed by atoms with Gasteiger partial charge in [0.1, 0.15) is 11.6 Å². The maximum atomic E-state index is 13.4. The predicted octanol–water partition coefficient (Wildman–Crippen LogP) is 3.85. The Bertz CT molecular complexity index is 540. The second kappa shape index (κ2) is 9.08. The molecule has 0 saturated carbocycles. The van der Waals surface area contributed by atoms with Gasteiger partial charge in [0, 0.05) is 10.6 Å². The van der Waals surface area contributed by atoms with Crippen molar-refractivity contribution in [1.82, 2.24) is 0 Å².